The molecule has 0 aromatic carbocycles. The Kier molecular flexibility index (Phi) is 10.6. The van der Waals surface area contributed by atoms with Gasteiger partial charge in [0.15, 0.2) is 5.96 Å². The third-order valence-corrected chi connectivity index (χ3v) is 4.25. The van der Waals surface area contributed by atoms with Gasteiger partial charge in [-0.05, 0) is 33.6 Å². The summed E-state index contributed by atoms with van der Waals surface area (Å²) in [6.45, 7) is 8.94. The van der Waals surface area contributed by atoms with Crippen LogP contribution in [0, 0.1) is 0 Å². The van der Waals surface area contributed by atoms with Gasteiger partial charge >= 0.3 is 0 Å². The second kappa shape index (κ2) is 11.3. The standard InChI is InChI=1S/C15H32N4O3S/c1-6-12(3)18-14(20)8-10-17-15(16-7-2)19-13(4)9-11-23(5,21)22/h12-13H,6-11H2,1-5H3,(H,18,20)(H2,16,17,19). The van der Waals surface area contributed by atoms with Crippen molar-refractivity contribution in [2.75, 3.05) is 25.1 Å². The van der Waals surface area contributed by atoms with Gasteiger partial charge in [0.25, 0.3) is 0 Å². The molecule has 8 heteroatoms. The van der Waals surface area contributed by atoms with Gasteiger partial charge in [0.2, 0.25) is 5.91 Å². The first-order chi connectivity index (χ1) is 10.7. The van der Waals surface area contributed by atoms with Gasteiger partial charge in [0.1, 0.15) is 9.84 Å². The number of guanidine groups is 1. The average Bonchev–Trinajstić information content (AvgIpc) is 2.44. The quantitative estimate of drug-likeness (QED) is 0.398. The van der Waals surface area contributed by atoms with E-state index in [0.29, 0.717) is 31.9 Å². The molecule has 0 aromatic heterocycles. The summed E-state index contributed by atoms with van der Waals surface area (Å²) < 4.78 is 22.4. The maximum Gasteiger partial charge on any atom is 0.222 e. The Hall–Kier alpha value is -1.31. The second-order valence-electron chi connectivity index (χ2n) is 5.85. The lowest BCUT2D eigenvalue weighted by Gasteiger charge is -2.17. The van der Waals surface area contributed by atoms with E-state index in [4.69, 9.17) is 0 Å². The number of amides is 1. The molecule has 3 N–H and O–H groups in total. The molecule has 0 saturated heterocycles. The number of carbonyl (C=O) groups excluding carboxylic acids is 1. The van der Waals surface area contributed by atoms with E-state index in [2.05, 4.69) is 20.9 Å². The zero-order valence-corrected chi connectivity index (χ0v) is 15.8. The van der Waals surface area contributed by atoms with Crippen molar-refractivity contribution in [3.63, 3.8) is 0 Å². The summed E-state index contributed by atoms with van der Waals surface area (Å²) >= 11 is 0. The van der Waals surface area contributed by atoms with Crippen LogP contribution in [0.5, 0.6) is 0 Å². The highest BCUT2D eigenvalue weighted by atomic mass is 32.2. The van der Waals surface area contributed by atoms with Crippen LogP contribution in [0.4, 0.5) is 0 Å². The highest BCUT2D eigenvalue weighted by Gasteiger charge is 2.10. The van der Waals surface area contributed by atoms with Crippen molar-refractivity contribution >= 4 is 21.7 Å². The number of hydrogen-bond acceptors (Lipinski definition) is 4. The zero-order chi connectivity index (χ0) is 17.9. The van der Waals surface area contributed by atoms with E-state index in [9.17, 15) is 13.2 Å². The maximum absolute atomic E-state index is 11.7. The van der Waals surface area contributed by atoms with E-state index in [1.54, 1.807) is 0 Å². The van der Waals surface area contributed by atoms with Gasteiger partial charge < -0.3 is 16.0 Å². The van der Waals surface area contributed by atoms with Crippen LogP contribution >= 0.6 is 0 Å². The molecule has 0 rings (SSSR count). The lowest BCUT2D eigenvalue weighted by molar-refractivity contribution is -0.121. The van der Waals surface area contributed by atoms with Crippen molar-refractivity contribution in [1.82, 2.24) is 16.0 Å². The number of aliphatic imine (C=N–C) groups is 1. The minimum Gasteiger partial charge on any atom is -0.357 e. The number of nitrogens with zero attached hydrogens (tertiary/aromatic N) is 1. The Balaban J connectivity index is 4.34. The number of hydrogen-bond donors (Lipinski definition) is 3. The molecule has 23 heavy (non-hydrogen) atoms. The van der Waals surface area contributed by atoms with E-state index in [1.165, 1.54) is 6.26 Å². The van der Waals surface area contributed by atoms with Crippen LogP contribution in [0.25, 0.3) is 0 Å². The van der Waals surface area contributed by atoms with Crippen LogP contribution < -0.4 is 16.0 Å². The number of nitrogens with one attached hydrogen (secondary N) is 3. The topological polar surface area (TPSA) is 99.7 Å². The fourth-order valence-electron chi connectivity index (χ4n) is 1.73. The molecule has 0 fully saturated rings. The number of sulfone groups is 1. The Morgan fingerprint density at radius 3 is 2.30 bits per heavy atom. The van der Waals surface area contributed by atoms with Crippen molar-refractivity contribution in [3.8, 4) is 0 Å². The average molecular weight is 349 g/mol. The normalized spacial score (nSPS) is 14.9. The SMILES string of the molecule is CCNC(=NCCC(=O)NC(C)CC)NC(C)CCS(C)(=O)=O. The smallest absolute Gasteiger partial charge is 0.222 e. The predicted molar refractivity (Wildman–Crippen MR) is 95.4 cm³/mol. The Labute approximate surface area is 140 Å². The van der Waals surface area contributed by atoms with Gasteiger partial charge in [-0.1, -0.05) is 6.92 Å². The molecular weight excluding hydrogens is 316 g/mol. The molecule has 0 aromatic rings. The molecule has 7 nitrogen and oxygen atoms in total. The van der Waals surface area contributed by atoms with E-state index in [0.717, 1.165) is 6.42 Å². The Morgan fingerprint density at radius 2 is 1.78 bits per heavy atom. The predicted octanol–water partition coefficient (Wildman–Crippen LogP) is 0.670. The van der Waals surface area contributed by atoms with Crippen molar-refractivity contribution in [2.24, 2.45) is 4.99 Å². The van der Waals surface area contributed by atoms with E-state index < -0.39 is 9.84 Å². The lowest BCUT2D eigenvalue weighted by Crippen LogP contribution is -2.43. The Morgan fingerprint density at radius 1 is 1.13 bits per heavy atom. The fourth-order valence-corrected chi connectivity index (χ4v) is 2.52. The molecule has 1 amide bonds. The largest absolute Gasteiger partial charge is 0.357 e. The maximum atomic E-state index is 11.7. The van der Waals surface area contributed by atoms with Gasteiger partial charge in [-0.15, -0.1) is 0 Å². The molecule has 0 aliphatic heterocycles. The molecule has 0 bridgehead atoms. The first-order valence-electron chi connectivity index (χ1n) is 8.19. The Bertz CT molecular complexity index is 477. The highest BCUT2D eigenvalue weighted by Crippen LogP contribution is 1.96. The molecule has 2 unspecified atom stereocenters. The number of carbonyl (C=O) groups is 1. The van der Waals surface area contributed by atoms with E-state index >= 15 is 0 Å². The monoisotopic (exact) mass is 348 g/mol. The second-order valence-corrected chi connectivity index (χ2v) is 8.11. The van der Waals surface area contributed by atoms with E-state index in [1.807, 2.05) is 27.7 Å². The molecule has 0 saturated carbocycles. The van der Waals surface area contributed by atoms with Crippen molar-refractivity contribution in [3.05, 3.63) is 0 Å². The molecule has 0 radical (unpaired) electrons. The van der Waals surface area contributed by atoms with Crippen LogP contribution in [-0.2, 0) is 14.6 Å². The zero-order valence-electron chi connectivity index (χ0n) is 15.0. The first-order valence-corrected chi connectivity index (χ1v) is 10.3. The van der Waals surface area contributed by atoms with Gasteiger partial charge in [0.05, 0.1) is 12.3 Å². The van der Waals surface area contributed by atoms with Crippen LogP contribution in [0.3, 0.4) is 0 Å². The summed E-state index contributed by atoms with van der Waals surface area (Å²) in [6.07, 6.45) is 2.97. The summed E-state index contributed by atoms with van der Waals surface area (Å²) in [4.78, 5) is 16.1. The van der Waals surface area contributed by atoms with Gasteiger partial charge in [-0.25, -0.2) is 8.42 Å². The van der Waals surface area contributed by atoms with Crippen molar-refractivity contribution < 1.29 is 13.2 Å². The van der Waals surface area contributed by atoms with Gasteiger partial charge in [0, 0.05) is 31.3 Å². The van der Waals surface area contributed by atoms with Crippen LogP contribution in [0.15, 0.2) is 4.99 Å². The minimum atomic E-state index is -2.96. The first kappa shape index (κ1) is 21.7. The van der Waals surface area contributed by atoms with Crippen LogP contribution in [-0.4, -0.2) is 57.5 Å². The third kappa shape index (κ3) is 12.9. The highest BCUT2D eigenvalue weighted by molar-refractivity contribution is 7.90. The molecule has 0 heterocycles. The molecular formula is C15H32N4O3S. The molecule has 2 atom stereocenters. The molecule has 0 aliphatic carbocycles. The lowest BCUT2D eigenvalue weighted by atomic mass is 10.2. The summed E-state index contributed by atoms with van der Waals surface area (Å²) in [5.41, 5.74) is 0. The van der Waals surface area contributed by atoms with Crippen molar-refractivity contribution in [1.29, 1.82) is 0 Å². The fraction of sp³-hybridized carbons (Fsp3) is 0.867. The van der Waals surface area contributed by atoms with E-state index in [-0.39, 0.29) is 23.7 Å². The molecule has 0 aliphatic rings. The summed E-state index contributed by atoms with van der Waals surface area (Å²) in [7, 11) is -2.96. The van der Waals surface area contributed by atoms with Crippen molar-refractivity contribution in [2.45, 2.75) is 59.0 Å². The third-order valence-electron chi connectivity index (χ3n) is 3.28. The molecule has 136 valence electrons. The molecule has 0 spiro atoms. The van der Waals surface area contributed by atoms with Crippen LogP contribution in [0.2, 0.25) is 0 Å². The number of rotatable bonds is 10. The summed E-state index contributed by atoms with van der Waals surface area (Å²) in [5.74, 6) is 0.728. The summed E-state index contributed by atoms with van der Waals surface area (Å²) in [5, 5.41) is 9.15. The minimum absolute atomic E-state index is 0.0101. The van der Waals surface area contributed by atoms with Crippen LogP contribution in [0.1, 0.15) is 47.0 Å². The van der Waals surface area contributed by atoms with Gasteiger partial charge in [-0.2, -0.15) is 0 Å². The van der Waals surface area contributed by atoms with Gasteiger partial charge in [-0.3, -0.25) is 9.79 Å². The summed E-state index contributed by atoms with van der Waals surface area (Å²) in [6, 6.07) is 0.158.